The van der Waals surface area contributed by atoms with Gasteiger partial charge in [-0.25, -0.2) is 0 Å². The highest BCUT2D eigenvalue weighted by Crippen LogP contribution is 2.39. The second-order valence-electron chi connectivity index (χ2n) is 5.93. The molecule has 1 saturated carbocycles. The SMILES string of the molecule is CC(=O)Nc1ccc(SC(C)c2nc(C3(N)CCC3)no2)cc1. The Labute approximate surface area is 139 Å². The number of thioether (sulfide) groups is 1. The van der Waals surface area contributed by atoms with Gasteiger partial charge in [-0.1, -0.05) is 5.16 Å². The van der Waals surface area contributed by atoms with E-state index in [4.69, 9.17) is 10.3 Å². The molecule has 1 atom stereocenters. The maximum absolute atomic E-state index is 11.0. The third-order valence-electron chi connectivity index (χ3n) is 3.97. The molecular formula is C16H20N4O2S. The van der Waals surface area contributed by atoms with Gasteiger partial charge in [0, 0.05) is 17.5 Å². The molecule has 3 N–H and O–H groups in total. The number of nitrogens with zero attached hydrogens (tertiary/aromatic N) is 2. The predicted molar refractivity (Wildman–Crippen MR) is 89.0 cm³/mol. The minimum Gasteiger partial charge on any atom is -0.338 e. The van der Waals surface area contributed by atoms with Crippen molar-refractivity contribution in [1.82, 2.24) is 10.1 Å². The molecule has 7 heteroatoms. The van der Waals surface area contributed by atoms with Gasteiger partial charge in [0.15, 0.2) is 5.82 Å². The lowest BCUT2D eigenvalue weighted by Gasteiger charge is -2.34. The fraction of sp³-hybridized carbons (Fsp3) is 0.438. The molecule has 6 nitrogen and oxygen atoms in total. The summed E-state index contributed by atoms with van der Waals surface area (Å²) in [5, 5.41) is 6.83. The van der Waals surface area contributed by atoms with Crippen molar-refractivity contribution in [3.05, 3.63) is 36.0 Å². The number of anilines is 1. The molecule has 3 rings (SSSR count). The first-order valence-corrected chi connectivity index (χ1v) is 8.51. The largest absolute Gasteiger partial charge is 0.338 e. The third-order valence-corrected chi connectivity index (χ3v) is 5.07. The monoisotopic (exact) mass is 332 g/mol. The Morgan fingerprint density at radius 2 is 2.09 bits per heavy atom. The van der Waals surface area contributed by atoms with Crippen molar-refractivity contribution in [2.45, 2.75) is 48.8 Å². The van der Waals surface area contributed by atoms with E-state index in [1.54, 1.807) is 11.8 Å². The Hall–Kier alpha value is -1.86. The van der Waals surface area contributed by atoms with Gasteiger partial charge in [-0.05, 0) is 50.5 Å². The van der Waals surface area contributed by atoms with Gasteiger partial charge in [-0.15, -0.1) is 11.8 Å². The standard InChI is InChI=1S/C16H20N4O2S/c1-10(14-19-15(20-22-14)16(17)8-3-9-16)23-13-6-4-12(5-7-13)18-11(2)21/h4-7,10H,3,8-9,17H2,1-2H3,(H,18,21). The summed E-state index contributed by atoms with van der Waals surface area (Å²) in [5.74, 6) is 1.13. The number of benzene rings is 1. The van der Waals surface area contributed by atoms with Gasteiger partial charge < -0.3 is 15.6 Å². The van der Waals surface area contributed by atoms with Crippen LogP contribution in [0.1, 0.15) is 50.1 Å². The van der Waals surface area contributed by atoms with E-state index in [0.29, 0.717) is 11.7 Å². The third kappa shape index (κ3) is 3.56. The normalized spacial score (nSPS) is 17.3. The van der Waals surface area contributed by atoms with E-state index in [2.05, 4.69) is 15.5 Å². The van der Waals surface area contributed by atoms with Crippen LogP contribution in [0.3, 0.4) is 0 Å². The van der Waals surface area contributed by atoms with E-state index >= 15 is 0 Å². The molecule has 1 aliphatic carbocycles. The molecule has 23 heavy (non-hydrogen) atoms. The summed E-state index contributed by atoms with van der Waals surface area (Å²) in [6.07, 6.45) is 2.95. The fourth-order valence-corrected chi connectivity index (χ4v) is 3.36. The molecule has 122 valence electrons. The molecule has 0 bridgehead atoms. The van der Waals surface area contributed by atoms with Crippen molar-refractivity contribution in [3.8, 4) is 0 Å². The smallest absolute Gasteiger partial charge is 0.239 e. The molecule has 0 aliphatic heterocycles. The fourth-order valence-electron chi connectivity index (χ4n) is 2.46. The summed E-state index contributed by atoms with van der Waals surface area (Å²) in [6.45, 7) is 3.51. The van der Waals surface area contributed by atoms with Crippen LogP contribution in [-0.2, 0) is 10.3 Å². The van der Waals surface area contributed by atoms with Crippen molar-refractivity contribution < 1.29 is 9.32 Å². The summed E-state index contributed by atoms with van der Waals surface area (Å²) in [6, 6.07) is 7.66. The van der Waals surface area contributed by atoms with Gasteiger partial charge in [0.25, 0.3) is 0 Å². The van der Waals surface area contributed by atoms with Gasteiger partial charge in [0.1, 0.15) is 0 Å². The molecular weight excluding hydrogens is 312 g/mol. The highest BCUT2D eigenvalue weighted by molar-refractivity contribution is 7.99. The molecule has 1 aromatic heterocycles. The number of carbonyl (C=O) groups is 1. The zero-order valence-electron chi connectivity index (χ0n) is 13.2. The predicted octanol–water partition coefficient (Wildman–Crippen LogP) is 3.22. The number of nitrogens with one attached hydrogen (secondary N) is 1. The summed E-state index contributed by atoms with van der Waals surface area (Å²) >= 11 is 1.62. The number of aromatic nitrogens is 2. The van der Waals surface area contributed by atoms with E-state index < -0.39 is 5.54 Å². The maximum Gasteiger partial charge on any atom is 0.239 e. The highest BCUT2D eigenvalue weighted by Gasteiger charge is 2.39. The topological polar surface area (TPSA) is 94.0 Å². The Morgan fingerprint density at radius 1 is 1.39 bits per heavy atom. The molecule has 0 saturated heterocycles. The highest BCUT2D eigenvalue weighted by atomic mass is 32.2. The van der Waals surface area contributed by atoms with Gasteiger partial charge in [-0.3, -0.25) is 4.79 Å². The minimum atomic E-state index is -0.397. The average Bonchev–Trinajstić information content (AvgIpc) is 2.96. The Kier molecular flexibility index (Phi) is 4.41. The molecule has 1 unspecified atom stereocenters. The lowest BCUT2D eigenvalue weighted by atomic mass is 9.77. The van der Waals surface area contributed by atoms with Crippen molar-refractivity contribution >= 4 is 23.4 Å². The first-order valence-electron chi connectivity index (χ1n) is 7.63. The van der Waals surface area contributed by atoms with Gasteiger partial charge in [0.05, 0.1) is 10.8 Å². The second kappa shape index (κ2) is 6.33. The summed E-state index contributed by atoms with van der Waals surface area (Å²) in [7, 11) is 0. The minimum absolute atomic E-state index is 0.0338. The first-order chi connectivity index (χ1) is 11.0. The van der Waals surface area contributed by atoms with E-state index in [0.717, 1.165) is 29.8 Å². The number of amides is 1. The zero-order chi connectivity index (χ0) is 16.4. The average molecular weight is 332 g/mol. The van der Waals surface area contributed by atoms with Crippen LogP contribution in [0.5, 0.6) is 0 Å². The molecule has 1 aromatic carbocycles. The number of rotatable bonds is 5. The maximum atomic E-state index is 11.0. The molecule has 1 aliphatic rings. The zero-order valence-corrected chi connectivity index (χ0v) is 14.0. The summed E-state index contributed by atoms with van der Waals surface area (Å²) in [4.78, 5) is 16.6. The first kappa shape index (κ1) is 16.0. The van der Waals surface area contributed by atoms with E-state index in [1.165, 1.54) is 6.92 Å². The van der Waals surface area contributed by atoms with Gasteiger partial charge in [-0.2, -0.15) is 4.98 Å². The van der Waals surface area contributed by atoms with Gasteiger partial charge >= 0.3 is 0 Å². The molecule has 1 fully saturated rings. The quantitative estimate of drug-likeness (QED) is 0.817. The van der Waals surface area contributed by atoms with E-state index in [-0.39, 0.29) is 11.2 Å². The van der Waals surface area contributed by atoms with Crippen molar-refractivity contribution in [1.29, 1.82) is 0 Å². The number of nitrogens with two attached hydrogens (primary N) is 1. The van der Waals surface area contributed by atoms with Crippen LogP contribution in [0.4, 0.5) is 5.69 Å². The molecule has 1 heterocycles. The second-order valence-corrected chi connectivity index (χ2v) is 7.35. The summed E-state index contributed by atoms with van der Waals surface area (Å²) in [5.41, 5.74) is 6.61. The summed E-state index contributed by atoms with van der Waals surface area (Å²) < 4.78 is 5.38. The van der Waals surface area contributed by atoms with Crippen molar-refractivity contribution in [2.75, 3.05) is 5.32 Å². The van der Waals surface area contributed by atoms with Gasteiger partial charge in [0.2, 0.25) is 11.8 Å². The van der Waals surface area contributed by atoms with Crippen LogP contribution in [0, 0.1) is 0 Å². The molecule has 1 amide bonds. The lowest BCUT2D eigenvalue weighted by Crippen LogP contribution is -2.44. The van der Waals surface area contributed by atoms with Crippen LogP contribution in [0.2, 0.25) is 0 Å². The van der Waals surface area contributed by atoms with E-state index in [1.807, 2.05) is 31.2 Å². The Bertz CT molecular complexity index is 694. The van der Waals surface area contributed by atoms with Crippen molar-refractivity contribution in [2.24, 2.45) is 5.73 Å². The number of hydrogen-bond acceptors (Lipinski definition) is 6. The van der Waals surface area contributed by atoms with Crippen molar-refractivity contribution in [3.63, 3.8) is 0 Å². The van der Waals surface area contributed by atoms with Crippen LogP contribution in [-0.4, -0.2) is 16.0 Å². The number of hydrogen-bond donors (Lipinski definition) is 2. The van der Waals surface area contributed by atoms with Crippen LogP contribution in [0.15, 0.2) is 33.7 Å². The molecule has 0 spiro atoms. The lowest BCUT2D eigenvalue weighted by molar-refractivity contribution is -0.114. The van der Waals surface area contributed by atoms with E-state index in [9.17, 15) is 4.79 Å². The van der Waals surface area contributed by atoms with Crippen LogP contribution >= 0.6 is 11.8 Å². The molecule has 0 radical (unpaired) electrons. The molecule has 2 aromatic rings. The Morgan fingerprint density at radius 3 is 2.65 bits per heavy atom. The van der Waals surface area contributed by atoms with Crippen LogP contribution < -0.4 is 11.1 Å². The number of carbonyl (C=O) groups excluding carboxylic acids is 1. The van der Waals surface area contributed by atoms with Crippen LogP contribution in [0.25, 0.3) is 0 Å². The Balaban J connectivity index is 1.64.